The van der Waals surface area contributed by atoms with Gasteiger partial charge in [-0.3, -0.25) is 15.0 Å². The standard InChI is InChI=1S/C18H14BrClN2O3/c1-2-25-16-14(19)9-11(10-15(16)20)8-13-17(23)21-22(18(13)24)12-6-4-3-5-7-12/h3-10H,2H2,1H3,(H,21,23)/b13-8-. The van der Waals surface area contributed by atoms with Crippen LogP contribution in [-0.2, 0) is 9.59 Å². The molecule has 25 heavy (non-hydrogen) atoms. The lowest BCUT2D eigenvalue weighted by Gasteiger charge is -2.13. The Morgan fingerprint density at radius 2 is 1.96 bits per heavy atom. The number of anilines is 1. The monoisotopic (exact) mass is 420 g/mol. The summed E-state index contributed by atoms with van der Waals surface area (Å²) in [5.74, 6) is -0.355. The molecule has 1 aliphatic heterocycles. The number of para-hydroxylation sites is 1. The Kier molecular flexibility index (Phi) is 5.11. The third-order valence-corrected chi connectivity index (χ3v) is 4.40. The second kappa shape index (κ2) is 7.29. The lowest BCUT2D eigenvalue weighted by Crippen LogP contribution is -2.35. The molecule has 0 saturated carbocycles. The van der Waals surface area contributed by atoms with Gasteiger partial charge in [0.1, 0.15) is 5.57 Å². The maximum absolute atomic E-state index is 12.6. The number of hydrogen-bond acceptors (Lipinski definition) is 3. The Morgan fingerprint density at radius 1 is 1.24 bits per heavy atom. The van der Waals surface area contributed by atoms with Crippen molar-refractivity contribution in [3.8, 4) is 5.75 Å². The van der Waals surface area contributed by atoms with E-state index in [2.05, 4.69) is 21.4 Å². The molecule has 1 N–H and O–H groups in total. The summed E-state index contributed by atoms with van der Waals surface area (Å²) in [7, 11) is 0. The Labute approximate surface area is 158 Å². The predicted octanol–water partition coefficient (Wildman–Crippen LogP) is 3.96. The fourth-order valence-corrected chi connectivity index (χ4v) is 3.42. The van der Waals surface area contributed by atoms with Gasteiger partial charge in [-0.15, -0.1) is 0 Å². The summed E-state index contributed by atoms with van der Waals surface area (Å²) in [6.07, 6.45) is 1.51. The van der Waals surface area contributed by atoms with Crippen LogP contribution in [0.1, 0.15) is 12.5 Å². The molecule has 0 aliphatic carbocycles. The first kappa shape index (κ1) is 17.5. The number of benzene rings is 2. The van der Waals surface area contributed by atoms with Gasteiger partial charge in [-0.05, 0) is 58.8 Å². The number of hydrogen-bond donors (Lipinski definition) is 1. The van der Waals surface area contributed by atoms with Crippen LogP contribution in [0.3, 0.4) is 0 Å². The quantitative estimate of drug-likeness (QED) is 0.600. The van der Waals surface area contributed by atoms with Crippen molar-refractivity contribution in [2.24, 2.45) is 0 Å². The highest BCUT2D eigenvalue weighted by Gasteiger charge is 2.34. The number of ether oxygens (including phenoxy) is 1. The zero-order chi connectivity index (χ0) is 18.0. The van der Waals surface area contributed by atoms with E-state index in [1.54, 1.807) is 36.4 Å². The zero-order valence-corrected chi connectivity index (χ0v) is 15.6. The van der Waals surface area contributed by atoms with Crippen LogP contribution in [0.25, 0.3) is 6.08 Å². The zero-order valence-electron chi connectivity index (χ0n) is 13.3. The summed E-state index contributed by atoms with van der Waals surface area (Å²) in [4.78, 5) is 24.8. The molecule has 2 amide bonds. The van der Waals surface area contributed by atoms with Gasteiger partial charge in [0.2, 0.25) is 0 Å². The fraction of sp³-hybridized carbons (Fsp3) is 0.111. The van der Waals surface area contributed by atoms with Crippen LogP contribution in [0.2, 0.25) is 5.02 Å². The first-order valence-corrected chi connectivity index (χ1v) is 8.72. The lowest BCUT2D eigenvalue weighted by molar-refractivity contribution is -0.117. The first-order valence-electron chi connectivity index (χ1n) is 7.55. The summed E-state index contributed by atoms with van der Waals surface area (Å²) in [6, 6.07) is 12.3. The van der Waals surface area contributed by atoms with Gasteiger partial charge < -0.3 is 4.74 Å². The van der Waals surface area contributed by atoms with Crippen molar-refractivity contribution in [1.29, 1.82) is 0 Å². The van der Waals surface area contributed by atoms with Crippen LogP contribution in [0.15, 0.2) is 52.5 Å². The molecule has 0 unspecified atom stereocenters. The molecular weight excluding hydrogens is 408 g/mol. The molecule has 128 valence electrons. The number of rotatable bonds is 4. The normalized spacial score (nSPS) is 15.6. The molecule has 1 heterocycles. The van der Waals surface area contributed by atoms with Gasteiger partial charge in [-0.1, -0.05) is 29.8 Å². The summed E-state index contributed by atoms with van der Waals surface area (Å²) < 4.78 is 6.11. The van der Waals surface area contributed by atoms with Crippen LogP contribution < -0.4 is 15.2 Å². The average Bonchev–Trinajstić information content (AvgIpc) is 2.87. The van der Waals surface area contributed by atoms with Crippen LogP contribution >= 0.6 is 27.5 Å². The van der Waals surface area contributed by atoms with Crippen molar-refractivity contribution >= 4 is 51.1 Å². The maximum Gasteiger partial charge on any atom is 0.282 e. The van der Waals surface area contributed by atoms with Gasteiger partial charge >= 0.3 is 0 Å². The molecule has 0 spiro atoms. The van der Waals surface area contributed by atoms with E-state index in [9.17, 15) is 9.59 Å². The van der Waals surface area contributed by atoms with Crippen molar-refractivity contribution in [1.82, 2.24) is 5.43 Å². The van der Waals surface area contributed by atoms with E-state index in [4.69, 9.17) is 16.3 Å². The van der Waals surface area contributed by atoms with Crippen LogP contribution in [0.4, 0.5) is 5.69 Å². The van der Waals surface area contributed by atoms with E-state index in [1.165, 1.54) is 11.1 Å². The van der Waals surface area contributed by atoms with Crippen molar-refractivity contribution < 1.29 is 14.3 Å². The average molecular weight is 422 g/mol. The minimum Gasteiger partial charge on any atom is -0.491 e. The molecule has 2 aromatic rings. The summed E-state index contributed by atoms with van der Waals surface area (Å²) in [6.45, 7) is 2.34. The van der Waals surface area contributed by atoms with E-state index in [0.29, 0.717) is 33.1 Å². The Bertz CT molecular complexity index is 845. The topological polar surface area (TPSA) is 58.6 Å². The number of nitrogens with one attached hydrogen (secondary N) is 1. The van der Waals surface area contributed by atoms with Gasteiger partial charge in [0.15, 0.2) is 5.75 Å². The predicted molar refractivity (Wildman–Crippen MR) is 100 cm³/mol. The molecule has 2 aromatic carbocycles. The second-order valence-corrected chi connectivity index (χ2v) is 6.48. The Morgan fingerprint density at radius 3 is 2.60 bits per heavy atom. The fourth-order valence-electron chi connectivity index (χ4n) is 2.43. The molecule has 0 atom stereocenters. The molecule has 1 fully saturated rings. The molecular formula is C18H14BrClN2O3. The first-order chi connectivity index (χ1) is 12.0. The highest BCUT2D eigenvalue weighted by atomic mass is 79.9. The molecule has 7 heteroatoms. The summed E-state index contributed by atoms with van der Waals surface area (Å²) >= 11 is 9.61. The minimum absolute atomic E-state index is 0.0379. The molecule has 0 radical (unpaired) electrons. The molecule has 1 saturated heterocycles. The largest absolute Gasteiger partial charge is 0.491 e. The Hall–Kier alpha value is -2.31. The molecule has 0 bridgehead atoms. The van der Waals surface area contributed by atoms with Gasteiger partial charge in [0, 0.05) is 0 Å². The SMILES string of the molecule is CCOc1c(Cl)cc(/C=C2/C(=O)NN(c3ccccc3)C2=O)cc1Br. The van der Waals surface area contributed by atoms with E-state index < -0.39 is 11.8 Å². The lowest BCUT2D eigenvalue weighted by atomic mass is 10.1. The van der Waals surface area contributed by atoms with Crippen molar-refractivity contribution in [3.63, 3.8) is 0 Å². The third-order valence-electron chi connectivity index (χ3n) is 3.53. The van der Waals surface area contributed by atoms with E-state index >= 15 is 0 Å². The number of hydrazine groups is 1. The number of carbonyl (C=O) groups is 2. The Balaban J connectivity index is 1.94. The summed E-state index contributed by atoms with van der Waals surface area (Å²) in [5.41, 5.74) is 3.81. The molecule has 1 aliphatic rings. The number of halogens is 2. The summed E-state index contributed by atoms with van der Waals surface area (Å²) in [5, 5.41) is 1.62. The van der Waals surface area contributed by atoms with Crippen LogP contribution in [-0.4, -0.2) is 18.4 Å². The van der Waals surface area contributed by atoms with Gasteiger partial charge in [0.25, 0.3) is 11.8 Å². The van der Waals surface area contributed by atoms with Gasteiger partial charge in [0.05, 0.1) is 21.8 Å². The molecule has 0 aromatic heterocycles. The number of nitrogens with zero attached hydrogens (tertiary/aromatic N) is 1. The van der Waals surface area contributed by atoms with E-state index in [-0.39, 0.29) is 5.57 Å². The van der Waals surface area contributed by atoms with E-state index in [1.807, 2.05) is 13.0 Å². The second-order valence-electron chi connectivity index (χ2n) is 5.22. The van der Waals surface area contributed by atoms with E-state index in [0.717, 1.165) is 0 Å². The minimum atomic E-state index is -0.463. The highest BCUT2D eigenvalue weighted by Crippen LogP contribution is 2.35. The van der Waals surface area contributed by atoms with Gasteiger partial charge in [-0.2, -0.15) is 0 Å². The number of carbonyl (C=O) groups excluding carboxylic acids is 2. The van der Waals surface area contributed by atoms with Crippen molar-refractivity contribution in [2.75, 3.05) is 11.6 Å². The smallest absolute Gasteiger partial charge is 0.282 e. The maximum atomic E-state index is 12.6. The highest BCUT2D eigenvalue weighted by molar-refractivity contribution is 9.10. The van der Waals surface area contributed by atoms with Crippen molar-refractivity contribution in [3.05, 3.63) is 63.1 Å². The van der Waals surface area contributed by atoms with Crippen molar-refractivity contribution in [2.45, 2.75) is 6.92 Å². The van der Waals surface area contributed by atoms with Gasteiger partial charge in [-0.25, -0.2) is 5.01 Å². The van der Waals surface area contributed by atoms with Crippen LogP contribution in [0, 0.1) is 0 Å². The van der Waals surface area contributed by atoms with Crippen LogP contribution in [0.5, 0.6) is 5.75 Å². The molecule has 5 nitrogen and oxygen atoms in total. The third kappa shape index (κ3) is 3.55. The number of amides is 2. The molecule has 3 rings (SSSR count).